The number of unbranched alkanes of at least 4 members (excludes halogenated alkanes) is 9. The Morgan fingerprint density at radius 1 is 0.893 bits per heavy atom. The zero-order chi connectivity index (χ0) is 20.0. The molecule has 0 aliphatic heterocycles. The molecule has 0 saturated heterocycles. The third-order valence-electron chi connectivity index (χ3n) is 5.40. The standard InChI is InChI=1S/C22H39N2O3.BrH/c1-3-4-5-6-7-8-9-10-11-12-17-24(2,18-19-25)20-21-13-15-22(16-14-21)23(26)27;/h13-16,25H,3-12,17-20H2,1-2H3;1H/q+1;/p-1. The summed E-state index contributed by atoms with van der Waals surface area (Å²) < 4.78 is 0.783. The highest BCUT2D eigenvalue weighted by molar-refractivity contribution is 5.32. The average Bonchev–Trinajstić information content (AvgIpc) is 2.64. The number of hydrogen-bond acceptors (Lipinski definition) is 3. The van der Waals surface area contributed by atoms with Crippen LogP contribution < -0.4 is 17.0 Å². The summed E-state index contributed by atoms with van der Waals surface area (Å²) in [6.45, 7) is 4.98. The summed E-state index contributed by atoms with van der Waals surface area (Å²) in [5, 5.41) is 20.2. The molecule has 6 heteroatoms. The van der Waals surface area contributed by atoms with Crippen LogP contribution in [0, 0.1) is 10.1 Å². The van der Waals surface area contributed by atoms with Crippen LogP contribution in [0.3, 0.4) is 0 Å². The van der Waals surface area contributed by atoms with Gasteiger partial charge in [0.15, 0.2) is 0 Å². The van der Waals surface area contributed by atoms with Gasteiger partial charge in [0.2, 0.25) is 0 Å². The number of nitro groups is 1. The van der Waals surface area contributed by atoms with E-state index in [1.54, 1.807) is 12.1 Å². The molecule has 0 saturated carbocycles. The van der Waals surface area contributed by atoms with E-state index in [4.69, 9.17) is 0 Å². The van der Waals surface area contributed by atoms with Gasteiger partial charge in [0.25, 0.3) is 5.69 Å². The van der Waals surface area contributed by atoms with Gasteiger partial charge in [0, 0.05) is 17.7 Å². The van der Waals surface area contributed by atoms with Crippen LogP contribution in [0.5, 0.6) is 0 Å². The van der Waals surface area contributed by atoms with Crippen molar-refractivity contribution in [3.63, 3.8) is 0 Å². The van der Waals surface area contributed by atoms with Gasteiger partial charge in [0.05, 0.1) is 25.1 Å². The fourth-order valence-corrected chi connectivity index (χ4v) is 3.66. The number of nitro benzene ring substituents is 1. The van der Waals surface area contributed by atoms with Crippen LogP contribution in [0.15, 0.2) is 24.3 Å². The molecule has 1 rings (SSSR count). The normalized spacial score (nSPS) is 13.0. The average molecular weight is 459 g/mol. The summed E-state index contributed by atoms with van der Waals surface area (Å²) in [4.78, 5) is 10.4. The molecule has 1 N–H and O–H groups in total. The van der Waals surface area contributed by atoms with E-state index >= 15 is 0 Å². The lowest BCUT2D eigenvalue weighted by atomic mass is 10.1. The highest BCUT2D eigenvalue weighted by Crippen LogP contribution is 2.18. The van der Waals surface area contributed by atoms with E-state index in [-0.39, 0.29) is 34.2 Å². The van der Waals surface area contributed by atoms with Crippen LogP contribution >= 0.6 is 0 Å². The molecular weight excluding hydrogens is 420 g/mol. The molecule has 1 aromatic carbocycles. The number of rotatable bonds is 16. The van der Waals surface area contributed by atoms with Crippen molar-refractivity contribution in [2.75, 3.05) is 26.7 Å². The second-order valence-corrected chi connectivity index (χ2v) is 8.05. The molecule has 162 valence electrons. The van der Waals surface area contributed by atoms with E-state index in [1.807, 2.05) is 12.1 Å². The Morgan fingerprint density at radius 3 is 1.86 bits per heavy atom. The largest absolute Gasteiger partial charge is 1.00 e. The molecule has 1 unspecified atom stereocenters. The van der Waals surface area contributed by atoms with Crippen LogP contribution in [-0.2, 0) is 6.54 Å². The quantitative estimate of drug-likeness (QED) is 0.179. The van der Waals surface area contributed by atoms with Crippen LogP contribution in [0.1, 0.15) is 76.7 Å². The van der Waals surface area contributed by atoms with E-state index in [1.165, 1.54) is 64.2 Å². The van der Waals surface area contributed by atoms with Gasteiger partial charge in [-0.25, -0.2) is 0 Å². The molecule has 1 atom stereocenters. The Kier molecular flexibility index (Phi) is 15.3. The van der Waals surface area contributed by atoms with Gasteiger partial charge >= 0.3 is 0 Å². The van der Waals surface area contributed by atoms with Crippen LogP contribution in [0.2, 0.25) is 0 Å². The molecule has 0 heterocycles. The molecule has 0 aliphatic carbocycles. The van der Waals surface area contributed by atoms with Gasteiger partial charge in [-0.15, -0.1) is 0 Å². The lowest BCUT2D eigenvalue weighted by Gasteiger charge is -2.34. The second kappa shape index (κ2) is 15.9. The first-order valence-electron chi connectivity index (χ1n) is 10.7. The van der Waals surface area contributed by atoms with Gasteiger partial charge < -0.3 is 26.6 Å². The predicted octanol–water partition coefficient (Wildman–Crippen LogP) is 2.46. The number of non-ortho nitro benzene ring substituents is 1. The third-order valence-corrected chi connectivity index (χ3v) is 5.40. The summed E-state index contributed by atoms with van der Waals surface area (Å²) >= 11 is 0. The van der Waals surface area contributed by atoms with Gasteiger partial charge in [-0.05, 0) is 25.0 Å². The van der Waals surface area contributed by atoms with Crippen LogP contribution in [0.25, 0.3) is 0 Å². The minimum atomic E-state index is -0.366. The molecule has 0 radical (unpaired) electrons. The van der Waals surface area contributed by atoms with Gasteiger partial charge in [-0.3, -0.25) is 10.1 Å². The fourth-order valence-electron chi connectivity index (χ4n) is 3.66. The molecule has 0 amide bonds. The molecule has 0 aliphatic rings. The fraction of sp³-hybridized carbons (Fsp3) is 0.727. The van der Waals surface area contributed by atoms with Crippen molar-refractivity contribution in [2.45, 2.75) is 77.7 Å². The third kappa shape index (κ3) is 11.8. The zero-order valence-electron chi connectivity index (χ0n) is 17.7. The second-order valence-electron chi connectivity index (χ2n) is 8.05. The monoisotopic (exact) mass is 458 g/mol. The number of halogens is 1. The minimum absolute atomic E-state index is 0. The van der Waals surface area contributed by atoms with Crippen molar-refractivity contribution in [1.82, 2.24) is 0 Å². The minimum Gasteiger partial charge on any atom is -1.00 e. The Labute approximate surface area is 181 Å². The maximum atomic E-state index is 10.8. The van der Waals surface area contributed by atoms with Crippen molar-refractivity contribution in [3.05, 3.63) is 39.9 Å². The lowest BCUT2D eigenvalue weighted by molar-refractivity contribution is -0.923. The molecule has 0 bridgehead atoms. The lowest BCUT2D eigenvalue weighted by Crippen LogP contribution is -3.00. The molecular formula is C22H39BrN2O3. The summed E-state index contributed by atoms with van der Waals surface area (Å²) in [5.41, 5.74) is 1.22. The first-order chi connectivity index (χ1) is 13.0. The maximum Gasteiger partial charge on any atom is 0.269 e. The summed E-state index contributed by atoms with van der Waals surface area (Å²) in [6, 6.07) is 6.81. The molecule has 5 nitrogen and oxygen atoms in total. The van der Waals surface area contributed by atoms with Crippen LogP contribution in [-0.4, -0.2) is 41.3 Å². The topological polar surface area (TPSA) is 63.4 Å². The van der Waals surface area contributed by atoms with E-state index in [9.17, 15) is 15.2 Å². The number of nitrogens with zero attached hydrogens (tertiary/aromatic N) is 2. The molecule has 28 heavy (non-hydrogen) atoms. The Hall–Kier alpha value is -0.980. The molecule has 1 aromatic rings. The number of benzene rings is 1. The summed E-state index contributed by atoms with van der Waals surface area (Å²) in [7, 11) is 2.17. The van der Waals surface area contributed by atoms with Gasteiger partial charge in [0.1, 0.15) is 13.1 Å². The highest BCUT2D eigenvalue weighted by atomic mass is 79.9. The number of aliphatic hydroxyl groups is 1. The van der Waals surface area contributed by atoms with Crippen molar-refractivity contribution in [1.29, 1.82) is 0 Å². The Balaban J connectivity index is 0.00000729. The van der Waals surface area contributed by atoms with Gasteiger partial charge in [-0.1, -0.05) is 58.3 Å². The van der Waals surface area contributed by atoms with E-state index in [0.29, 0.717) is 6.54 Å². The van der Waals surface area contributed by atoms with Crippen molar-refractivity contribution in [2.24, 2.45) is 0 Å². The highest BCUT2D eigenvalue weighted by Gasteiger charge is 2.21. The Bertz CT molecular complexity index is 525. The van der Waals surface area contributed by atoms with Crippen molar-refractivity contribution in [3.8, 4) is 0 Å². The van der Waals surface area contributed by atoms with Crippen molar-refractivity contribution >= 4 is 5.69 Å². The first kappa shape index (κ1) is 27.0. The maximum absolute atomic E-state index is 10.8. The van der Waals surface area contributed by atoms with Gasteiger partial charge in [-0.2, -0.15) is 0 Å². The van der Waals surface area contributed by atoms with E-state index in [0.717, 1.165) is 23.1 Å². The predicted molar refractivity (Wildman–Crippen MR) is 112 cm³/mol. The first-order valence-corrected chi connectivity index (χ1v) is 10.7. The zero-order valence-corrected chi connectivity index (χ0v) is 19.3. The smallest absolute Gasteiger partial charge is 0.269 e. The molecule has 0 spiro atoms. The summed E-state index contributed by atoms with van der Waals surface area (Å²) in [5.74, 6) is 0. The Morgan fingerprint density at radius 2 is 1.39 bits per heavy atom. The SMILES string of the molecule is CCCCCCCCCCCC[N+](C)(CCO)Cc1ccc([N+](=O)[O-])cc1.[Br-]. The molecule has 0 fully saturated rings. The number of aliphatic hydroxyl groups excluding tert-OH is 1. The van der Waals surface area contributed by atoms with E-state index in [2.05, 4.69) is 14.0 Å². The van der Waals surface area contributed by atoms with Crippen molar-refractivity contribution < 1.29 is 31.5 Å². The van der Waals surface area contributed by atoms with Crippen LogP contribution in [0.4, 0.5) is 5.69 Å². The van der Waals surface area contributed by atoms with E-state index < -0.39 is 0 Å². The number of quaternary nitrogens is 1. The number of likely N-dealkylation sites (N-methyl/N-ethyl adjacent to an activating group) is 1. The number of hydrogen-bond donors (Lipinski definition) is 1. The molecule has 0 aromatic heterocycles. The summed E-state index contributed by atoms with van der Waals surface area (Å²) in [6.07, 6.45) is 13.2.